The summed E-state index contributed by atoms with van der Waals surface area (Å²) in [4.78, 5) is 14.3. The van der Waals surface area contributed by atoms with Crippen LogP contribution in [0.5, 0.6) is 5.75 Å². The van der Waals surface area contributed by atoms with E-state index in [2.05, 4.69) is 40.8 Å². The summed E-state index contributed by atoms with van der Waals surface area (Å²) in [6.45, 7) is 1.73. The van der Waals surface area contributed by atoms with Gasteiger partial charge in [-0.1, -0.05) is 12.1 Å². The lowest BCUT2D eigenvalue weighted by Gasteiger charge is -2.27. The Hall–Kier alpha value is -2.69. The van der Waals surface area contributed by atoms with Crippen LogP contribution in [0.25, 0.3) is 0 Å². The lowest BCUT2D eigenvalue weighted by Crippen LogP contribution is -2.30. The fourth-order valence-electron chi connectivity index (χ4n) is 3.16. The summed E-state index contributed by atoms with van der Waals surface area (Å²) >= 11 is 0. The molecule has 0 unspecified atom stereocenters. The molecule has 132 valence electrons. The number of nitrogens with zero attached hydrogens (tertiary/aromatic N) is 1. The number of hydrogen-bond donors (Lipinski definition) is 2. The van der Waals surface area contributed by atoms with Crippen molar-refractivity contribution in [3.63, 3.8) is 0 Å². The average molecular weight is 339 g/mol. The standard InChI is InChI=1S/C20H25N3O2/c1-23-13-3-4-16-14-15(5-10-19(16)23)11-12-21-20(24)22-17-6-8-18(25-2)9-7-17/h5-10,14H,3-4,11-13H2,1-2H3,(H2,21,22,24). The van der Waals surface area contributed by atoms with Crippen molar-refractivity contribution in [1.82, 2.24) is 5.32 Å². The number of rotatable bonds is 5. The molecule has 0 fully saturated rings. The molecule has 2 aromatic rings. The quantitative estimate of drug-likeness (QED) is 0.877. The number of hydrogen-bond acceptors (Lipinski definition) is 3. The number of fused-ring (bicyclic) bond motifs is 1. The monoisotopic (exact) mass is 339 g/mol. The first-order valence-electron chi connectivity index (χ1n) is 8.67. The molecule has 0 atom stereocenters. The molecule has 1 aliphatic heterocycles. The largest absolute Gasteiger partial charge is 0.497 e. The number of amides is 2. The minimum Gasteiger partial charge on any atom is -0.497 e. The molecule has 0 spiro atoms. The Morgan fingerprint density at radius 1 is 1.20 bits per heavy atom. The molecule has 0 saturated heterocycles. The van der Waals surface area contributed by atoms with Crippen molar-refractivity contribution >= 4 is 17.4 Å². The molecule has 2 aromatic carbocycles. The van der Waals surface area contributed by atoms with Gasteiger partial charge in [-0.25, -0.2) is 4.79 Å². The molecule has 5 nitrogen and oxygen atoms in total. The fourth-order valence-corrected chi connectivity index (χ4v) is 3.16. The zero-order valence-electron chi connectivity index (χ0n) is 14.8. The van der Waals surface area contributed by atoms with Crippen LogP contribution in [-0.4, -0.2) is 33.3 Å². The van der Waals surface area contributed by atoms with Gasteiger partial charge in [0.15, 0.2) is 0 Å². The van der Waals surface area contributed by atoms with E-state index in [1.54, 1.807) is 7.11 Å². The van der Waals surface area contributed by atoms with E-state index in [1.807, 2.05) is 24.3 Å². The van der Waals surface area contributed by atoms with Gasteiger partial charge in [-0.3, -0.25) is 0 Å². The lowest BCUT2D eigenvalue weighted by atomic mass is 9.98. The highest BCUT2D eigenvalue weighted by atomic mass is 16.5. The molecule has 0 aromatic heterocycles. The van der Waals surface area contributed by atoms with Gasteiger partial charge in [-0.2, -0.15) is 0 Å². The maximum Gasteiger partial charge on any atom is 0.319 e. The van der Waals surface area contributed by atoms with Crippen LogP contribution in [0.15, 0.2) is 42.5 Å². The Labute approximate surface area is 149 Å². The number of carbonyl (C=O) groups excluding carboxylic acids is 1. The van der Waals surface area contributed by atoms with Gasteiger partial charge in [0.25, 0.3) is 0 Å². The predicted octanol–water partition coefficient (Wildman–Crippen LogP) is 3.44. The summed E-state index contributed by atoms with van der Waals surface area (Å²) in [5.74, 6) is 0.768. The number of nitrogens with one attached hydrogen (secondary N) is 2. The van der Waals surface area contributed by atoms with E-state index in [1.165, 1.54) is 23.2 Å². The zero-order valence-corrected chi connectivity index (χ0v) is 14.8. The van der Waals surface area contributed by atoms with E-state index in [-0.39, 0.29) is 6.03 Å². The van der Waals surface area contributed by atoms with Crippen LogP contribution in [0.2, 0.25) is 0 Å². The number of ether oxygens (including phenoxy) is 1. The zero-order chi connectivity index (χ0) is 17.6. The van der Waals surface area contributed by atoms with E-state index in [0.29, 0.717) is 6.54 Å². The van der Waals surface area contributed by atoms with Crippen LogP contribution in [0.4, 0.5) is 16.2 Å². The van der Waals surface area contributed by atoms with Crippen molar-refractivity contribution in [1.29, 1.82) is 0 Å². The van der Waals surface area contributed by atoms with Gasteiger partial charge in [0, 0.05) is 31.5 Å². The lowest BCUT2D eigenvalue weighted by molar-refractivity contribution is 0.252. The van der Waals surface area contributed by atoms with Crippen LogP contribution in [0.3, 0.4) is 0 Å². The Bertz CT molecular complexity index is 728. The molecule has 2 amide bonds. The number of aryl methyl sites for hydroxylation is 1. The minimum absolute atomic E-state index is 0.192. The van der Waals surface area contributed by atoms with Gasteiger partial charge in [0.05, 0.1) is 7.11 Å². The Morgan fingerprint density at radius 2 is 2.00 bits per heavy atom. The van der Waals surface area contributed by atoms with Crippen LogP contribution in [0, 0.1) is 0 Å². The second kappa shape index (κ2) is 7.92. The second-order valence-electron chi connectivity index (χ2n) is 6.35. The first-order chi connectivity index (χ1) is 12.2. The molecule has 0 bridgehead atoms. The van der Waals surface area contributed by atoms with Gasteiger partial charge in [0.1, 0.15) is 5.75 Å². The number of anilines is 2. The molecule has 25 heavy (non-hydrogen) atoms. The normalized spacial score (nSPS) is 13.1. The van der Waals surface area contributed by atoms with Gasteiger partial charge < -0.3 is 20.3 Å². The smallest absolute Gasteiger partial charge is 0.319 e. The molecule has 5 heteroatoms. The number of methoxy groups -OCH3 is 1. The molecular weight excluding hydrogens is 314 g/mol. The Balaban J connectivity index is 1.48. The topological polar surface area (TPSA) is 53.6 Å². The Morgan fingerprint density at radius 3 is 2.76 bits per heavy atom. The summed E-state index contributed by atoms with van der Waals surface area (Å²) in [6, 6.07) is 13.7. The van der Waals surface area contributed by atoms with Gasteiger partial charge in [-0.15, -0.1) is 0 Å². The van der Waals surface area contributed by atoms with E-state index in [4.69, 9.17) is 4.74 Å². The van der Waals surface area contributed by atoms with Gasteiger partial charge in [-0.05, 0) is 60.7 Å². The van der Waals surface area contributed by atoms with E-state index < -0.39 is 0 Å². The molecule has 0 saturated carbocycles. The third kappa shape index (κ3) is 4.44. The van der Waals surface area contributed by atoms with E-state index in [9.17, 15) is 4.79 Å². The van der Waals surface area contributed by atoms with Crippen molar-refractivity contribution < 1.29 is 9.53 Å². The first-order valence-corrected chi connectivity index (χ1v) is 8.67. The minimum atomic E-state index is -0.192. The SMILES string of the molecule is COc1ccc(NC(=O)NCCc2ccc3c(c2)CCCN3C)cc1. The summed E-state index contributed by atoms with van der Waals surface area (Å²) in [6.07, 6.45) is 3.17. The molecule has 1 aliphatic rings. The number of urea groups is 1. The Kier molecular flexibility index (Phi) is 5.43. The maximum absolute atomic E-state index is 12.0. The molecular formula is C20H25N3O2. The van der Waals surface area contributed by atoms with Crippen LogP contribution in [0.1, 0.15) is 17.5 Å². The molecule has 0 aliphatic carbocycles. The predicted molar refractivity (Wildman–Crippen MR) is 102 cm³/mol. The maximum atomic E-state index is 12.0. The molecule has 1 heterocycles. The summed E-state index contributed by atoms with van der Waals surface area (Å²) in [5, 5.41) is 5.73. The number of carbonyl (C=O) groups is 1. The molecule has 2 N–H and O–H groups in total. The van der Waals surface area contributed by atoms with Crippen molar-refractivity contribution in [2.24, 2.45) is 0 Å². The fraction of sp³-hybridized carbons (Fsp3) is 0.350. The summed E-state index contributed by atoms with van der Waals surface area (Å²) in [7, 11) is 3.76. The summed E-state index contributed by atoms with van der Waals surface area (Å²) < 4.78 is 5.10. The van der Waals surface area contributed by atoms with Crippen LogP contribution < -0.4 is 20.3 Å². The molecule has 3 rings (SSSR count). The first kappa shape index (κ1) is 17.1. The third-order valence-corrected chi connectivity index (χ3v) is 4.54. The molecule has 0 radical (unpaired) electrons. The highest BCUT2D eigenvalue weighted by Gasteiger charge is 2.13. The van der Waals surface area contributed by atoms with Crippen LogP contribution in [-0.2, 0) is 12.8 Å². The number of benzene rings is 2. The average Bonchev–Trinajstić information content (AvgIpc) is 2.62. The van der Waals surface area contributed by atoms with Gasteiger partial charge in [0.2, 0.25) is 0 Å². The van der Waals surface area contributed by atoms with Crippen molar-refractivity contribution in [3.05, 3.63) is 53.6 Å². The highest BCUT2D eigenvalue weighted by molar-refractivity contribution is 5.89. The third-order valence-electron chi connectivity index (χ3n) is 4.54. The van der Waals surface area contributed by atoms with E-state index in [0.717, 1.165) is 30.8 Å². The van der Waals surface area contributed by atoms with Crippen LogP contribution >= 0.6 is 0 Å². The van der Waals surface area contributed by atoms with Gasteiger partial charge >= 0.3 is 6.03 Å². The highest BCUT2D eigenvalue weighted by Crippen LogP contribution is 2.26. The van der Waals surface area contributed by atoms with E-state index >= 15 is 0 Å². The summed E-state index contributed by atoms with van der Waals surface area (Å²) in [5.41, 5.74) is 4.75. The van der Waals surface area contributed by atoms with Crippen molar-refractivity contribution in [3.8, 4) is 5.75 Å². The van der Waals surface area contributed by atoms with Crippen molar-refractivity contribution in [2.45, 2.75) is 19.3 Å². The second-order valence-corrected chi connectivity index (χ2v) is 6.35. The van der Waals surface area contributed by atoms with Crippen molar-refractivity contribution in [2.75, 3.05) is 37.5 Å².